The first-order valence-corrected chi connectivity index (χ1v) is 11.9. The highest BCUT2D eigenvalue weighted by atomic mass is 127. The first-order chi connectivity index (χ1) is 15.0. The van der Waals surface area contributed by atoms with Crippen molar-refractivity contribution < 1.29 is 9.47 Å². The minimum atomic E-state index is 0. The van der Waals surface area contributed by atoms with E-state index in [4.69, 9.17) is 14.5 Å². The van der Waals surface area contributed by atoms with E-state index >= 15 is 0 Å². The molecule has 1 saturated heterocycles. The third-order valence-electron chi connectivity index (χ3n) is 5.38. The summed E-state index contributed by atoms with van der Waals surface area (Å²) in [6.07, 6.45) is 0.897. The van der Waals surface area contributed by atoms with E-state index in [2.05, 4.69) is 53.5 Å². The SMILES string of the molecule is CCNC(=NCC(C)CN1CCN(C)CC1)NCCc1ccc(OCC)c(OCC)c1.I. The Bertz CT molecular complexity index is 666. The lowest BCUT2D eigenvalue weighted by molar-refractivity contribution is 0.140. The quantitative estimate of drug-likeness (QED) is 0.233. The number of nitrogens with zero attached hydrogens (tertiary/aromatic N) is 3. The molecule has 1 fully saturated rings. The Labute approximate surface area is 212 Å². The zero-order valence-corrected chi connectivity index (χ0v) is 23.0. The van der Waals surface area contributed by atoms with E-state index in [0.29, 0.717) is 19.1 Å². The van der Waals surface area contributed by atoms with Gasteiger partial charge in [0.25, 0.3) is 0 Å². The highest BCUT2D eigenvalue weighted by molar-refractivity contribution is 14.0. The molecule has 0 spiro atoms. The molecule has 32 heavy (non-hydrogen) atoms. The fraction of sp³-hybridized carbons (Fsp3) is 0.708. The number of hydrogen-bond acceptors (Lipinski definition) is 5. The van der Waals surface area contributed by atoms with Gasteiger partial charge < -0.3 is 29.9 Å². The number of benzene rings is 1. The molecule has 1 unspecified atom stereocenters. The van der Waals surface area contributed by atoms with Crippen LogP contribution in [0.5, 0.6) is 11.5 Å². The molecular weight excluding hydrogens is 517 g/mol. The lowest BCUT2D eigenvalue weighted by Gasteiger charge is -2.33. The highest BCUT2D eigenvalue weighted by Crippen LogP contribution is 2.28. The lowest BCUT2D eigenvalue weighted by Crippen LogP contribution is -2.46. The van der Waals surface area contributed by atoms with Gasteiger partial charge in [-0.2, -0.15) is 0 Å². The molecule has 2 N–H and O–H groups in total. The van der Waals surface area contributed by atoms with Crippen LogP contribution in [0, 0.1) is 5.92 Å². The molecule has 0 aromatic heterocycles. The fourth-order valence-electron chi connectivity index (χ4n) is 3.69. The topological polar surface area (TPSA) is 61.4 Å². The molecule has 0 amide bonds. The number of halogens is 1. The van der Waals surface area contributed by atoms with E-state index in [0.717, 1.165) is 76.2 Å². The molecule has 0 radical (unpaired) electrons. The largest absolute Gasteiger partial charge is 0.490 e. The van der Waals surface area contributed by atoms with Crippen molar-refractivity contribution >= 4 is 29.9 Å². The van der Waals surface area contributed by atoms with E-state index < -0.39 is 0 Å². The molecular formula is C24H44IN5O2. The van der Waals surface area contributed by atoms with Gasteiger partial charge in [-0.05, 0) is 57.9 Å². The van der Waals surface area contributed by atoms with Crippen LogP contribution < -0.4 is 20.1 Å². The van der Waals surface area contributed by atoms with Crippen LogP contribution in [0.4, 0.5) is 0 Å². The molecule has 8 heteroatoms. The average Bonchev–Trinajstić information content (AvgIpc) is 2.76. The van der Waals surface area contributed by atoms with Gasteiger partial charge in [-0.15, -0.1) is 24.0 Å². The molecule has 7 nitrogen and oxygen atoms in total. The number of likely N-dealkylation sites (N-methyl/N-ethyl adjacent to an activating group) is 1. The van der Waals surface area contributed by atoms with Crippen molar-refractivity contribution in [2.24, 2.45) is 10.9 Å². The zero-order valence-electron chi connectivity index (χ0n) is 20.7. The van der Waals surface area contributed by atoms with Crippen LogP contribution in [-0.2, 0) is 6.42 Å². The molecule has 184 valence electrons. The average molecular weight is 562 g/mol. The van der Waals surface area contributed by atoms with Crippen LogP contribution >= 0.6 is 24.0 Å². The molecule has 0 saturated carbocycles. The summed E-state index contributed by atoms with van der Waals surface area (Å²) in [6.45, 7) is 17.9. The molecule has 0 bridgehead atoms. The summed E-state index contributed by atoms with van der Waals surface area (Å²) in [4.78, 5) is 9.78. The molecule has 1 aromatic carbocycles. The first-order valence-electron chi connectivity index (χ1n) is 11.9. The summed E-state index contributed by atoms with van der Waals surface area (Å²) in [7, 11) is 2.20. The third kappa shape index (κ3) is 10.6. The number of nitrogens with one attached hydrogen (secondary N) is 2. The number of rotatable bonds is 12. The second-order valence-corrected chi connectivity index (χ2v) is 8.25. The normalized spacial score (nSPS) is 16.2. The van der Waals surface area contributed by atoms with Crippen LogP contribution in [0.15, 0.2) is 23.2 Å². The zero-order chi connectivity index (χ0) is 22.5. The smallest absolute Gasteiger partial charge is 0.191 e. The summed E-state index contributed by atoms with van der Waals surface area (Å²) in [5, 5.41) is 6.84. The Hall–Kier alpha value is -1.26. The number of piperazine rings is 1. The number of hydrogen-bond donors (Lipinski definition) is 2. The van der Waals surface area contributed by atoms with E-state index in [1.54, 1.807) is 0 Å². The Morgan fingerprint density at radius 3 is 2.38 bits per heavy atom. The van der Waals surface area contributed by atoms with E-state index in [-0.39, 0.29) is 24.0 Å². The maximum atomic E-state index is 5.74. The molecule has 1 atom stereocenters. The van der Waals surface area contributed by atoms with Gasteiger partial charge in [0.2, 0.25) is 0 Å². The Kier molecular flexibility index (Phi) is 14.7. The van der Waals surface area contributed by atoms with Gasteiger partial charge in [0, 0.05) is 52.4 Å². The van der Waals surface area contributed by atoms with Gasteiger partial charge >= 0.3 is 0 Å². The molecule has 1 aliphatic heterocycles. The van der Waals surface area contributed by atoms with Gasteiger partial charge in [-0.1, -0.05) is 13.0 Å². The van der Waals surface area contributed by atoms with Crippen molar-refractivity contribution in [1.29, 1.82) is 0 Å². The second kappa shape index (κ2) is 16.4. The predicted octanol–water partition coefficient (Wildman–Crippen LogP) is 3.08. The van der Waals surface area contributed by atoms with Crippen LogP contribution in [0.2, 0.25) is 0 Å². The summed E-state index contributed by atoms with van der Waals surface area (Å²) in [5.74, 6) is 3.06. The maximum absolute atomic E-state index is 5.74. The fourth-order valence-corrected chi connectivity index (χ4v) is 3.69. The lowest BCUT2D eigenvalue weighted by atomic mass is 10.1. The monoisotopic (exact) mass is 561 g/mol. The van der Waals surface area contributed by atoms with Gasteiger partial charge in [0.1, 0.15) is 0 Å². The Morgan fingerprint density at radius 2 is 1.72 bits per heavy atom. The van der Waals surface area contributed by atoms with Gasteiger partial charge in [-0.25, -0.2) is 0 Å². The van der Waals surface area contributed by atoms with Crippen LogP contribution in [0.1, 0.15) is 33.3 Å². The molecule has 1 aliphatic rings. The van der Waals surface area contributed by atoms with E-state index in [9.17, 15) is 0 Å². The Balaban J connectivity index is 0.00000512. The van der Waals surface area contributed by atoms with Crippen molar-refractivity contribution in [2.75, 3.05) is 72.6 Å². The summed E-state index contributed by atoms with van der Waals surface area (Å²) < 4.78 is 11.4. The first kappa shape index (κ1) is 28.8. The highest BCUT2D eigenvalue weighted by Gasteiger charge is 2.16. The predicted molar refractivity (Wildman–Crippen MR) is 145 cm³/mol. The van der Waals surface area contributed by atoms with Crippen molar-refractivity contribution in [3.63, 3.8) is 0 Å². The number of ether oxygens (including phenoxy) is 2. The minimum absolute atomic E-state index is 0. The Morgan fingerprint density at radius 1 is 1.03 bits per heavy atom. The molecule has 1 heterocycles. The molecule has 2 rings (SSSR count). The van der Waals surface area contributed by atoms with Crippen LogP contribution in [-0.4, -0.2) is 88.4 Å². The number of aliphatic imine (C=N–C) groups is 1. The summed E-state index contributed by atoms with van der Waals surface area (Å²) in [6, 6.07) is 6.19. The van der Waals surface area contributed by atoms with Crippen LogP contribution in [0.25, 0.3) is 0 Å². The standard InChI is InChI=1S/C24H43N5O2.HI/c1-6-25-24(27-18-20(4)19-29-15-13-28(5)14-16-29)26-12-11-21-9-10-22(30-7-2)23(17-21)31-8-3;/h9-10,17,20H,6-8,11-16,18-19H2,1-5H3,(H2,25,26,27);1H. The number of guanidine groups is 1. The summed E-state index contributed by atoms with van der Waals surface area (Å²) in [5.41, 5.74) is 1.22. The third-order valence-corrected chi connectivity index (χ3v) is 5.38. The van der Waals surface area contributed by atoms with Crippen LogP contribution in [0.3, 0.4) is 0 Å². The second-order valence-electron chi connectivity index (χ2n) is 8.25. The van der Waals surface area contributed by atoms with Crippen molar-refractivity contribution in [3.05, 3.63) is 23.8 Å². The van der Waals surface area contributed by atoms with E-state index in [1.807, 2.05) is 19.9 Å². The minimum Gasteiger partial charge on any atom is -0.490 e. The van der Waals surface area contributed by atoms with Crippen molar-refractivity contribution in [1.82, 2.24) is 20.4 Å². The van der Waals surface area contributed by atoms with Gasteiger partial charge in [0.05, 0.1) is 13.2 Å². The van der Waals surface area contributed by atoms with Gasteiger partial charge in [0.15, 0.2) is 17.5 Å². The molecule has 1 aromatic rings. The maximum Gasteiger partial charge on any atom is 0.191 e. The summed E-state index contributed by atoms with van der Waals surface area (Å²) >= 11 is 0. The van der Waals surface area contributed by atoms with E-state index in [1.165, 1.54) is 5.56 Å². The van der Waals surface area contributed by atoms with Crippen molar-refractivity contribution in [3.8, 4) is 11.5 Å². The van der Waals surface area contributed by atoms with Crippen molar-refractivity contribution in [2.45, 2.75) is 34.1 Å². The molecule has 0 aliphatic carbocycles. The van der Waals surface area contributed by atoms with Gasteiger partial charge in [-0.3, -0.25) is 4.99 Å².